The fourth-order valence-corrected chi connectivity index (χ4v) is 10.3. The summed E-state index contributed by atoms with van der Waals surface area (Å²) in [6.07, 6.45) is 4.14. The van der Waals surface area contributed by atoms with Crippen LogP contribution in [0.4, 0.5) is 11.4 Å². The van der Waals surface area contributed by atoms with Crippen LogP contribution in [0.1, 0.15) is 75.3 Å². The van der Waals surface area contributed by atoms with E-state index in [0.29, 0.717) is 33.2 Å². The molecule has 4 heterocycles. The molecule has 14 heteroatoms. The summed E-state index contributed by atoms with van der Waals surface area (Å²) in [4.78, 5) is 58.3. The van der Waals surface area contributed by atoms with E-state index < -0.39 is 11.9 Å². The van der Waals surface area contributed by atoms with Gasteiger partial charge < -0.3 is 19.9 Å². The van der Waals surface area contributed by atoms with E-state index in [2.05, 4.69) is 76.3 Å². The number of nitriles is 1. The summed E-state index contributed by atoms with van der Waals surface area (Å²) < 4.78 is 7.61. The first-order valence-electron chi connectivity index (χ1n) is 20.6. The van der Waals surface area contributed by atoms with Crippen LogP contribution in [0, 0.1) is 28.1 Å². The second-order valence-corrected chi connectivity index (χ2v) is 18.1. The molecule has 3 aromatic carbocycles. The predicted molar refractivity (Wildman–Crippen MR) is 227 cm³/mol. The lowest BCUT2D eigenvalue weighted by Gasteiger charge is -2.63. The first-order valence-corrected chi connectivity index (χ1v) is 21.0. The number of carbonyl (C=O) groups excluding carboxylic acids is 3. The minimum absolute atomic E-state index is 0.105. The molecule has 4 aliphatic rings. The van der Waals surface area contributed by atoms with Crippen molar-refractivity contribution in [2.24, 2.45) is 16.7 Å². The molecular weight excluding hydrogens is 768 g/mol. The molecule has 1 aliphatic carbocycles. The second kappa shape index (κ2) is 16.0. The molecule has 2 N–H and O–H groups in total. The Morgan fingerprint density at radius 3 is 2.29 bits per heavy atom. The monoisotopic (exact) mass is 818 g/mol. The van der Waals surface area contributed by atoms with Gasteiger partial charge in [0.25, 0.3) is 17.4 Å². The second-order valence-electron chi connectivity index (χ2n) is 17.7. The molecule has 1 saturated carbocycles. The number of hydrogen-bond donors (Lipinski definition) is 2. The number of nitrogens with one attached hydrogen (secondary N) is 2. The summed E-state index contributed by atoms with van der Waals surface area (Å²) in [7, 11) is 0. The number of piperazine rings is 1. The summed E-state index contributed by atoms with van der Waals surface area (Å²) in [6, 6.07) is 19.9. The fourth-order valence-electron chi connectivity index (χ4n) is 10.1. The fraction of sp³-hybridized carbons (Fsp3) is 0.467. The third kappa shape index (κ3) is 7.76. The maximum absolute atomic E-state index is 13.5. The normalized spacial score (nSPS) is 23.3. The highest BCUT2D eigenvalue weighted by atomic mass is 35.5. The maximum Gasteiger partial charge on any atom is 0.275 e. The molecule has 1 atom stereocenters. The Labute approximate surface area is 349 Å². The number of nitrogens with zero attached hydrogens (tertiary/aromatic N) is 6. The quantitative estimate of drug-likeness (QED) is 0.206. The van der Waals surface area contributed by atoms with E-state index in [9.17, 15) is 24.4 Å². The number of anilines is 2. The van der Waals surface area contributed by atoms with Crippen molar-refractivity contribution in [2.45, 2.75) is 71.6 Å². The number of amides is 3. The Balaban J connectivity index is 0.807. The van der Waals surface area contributed by atoms with Crippen molar-refractivity contribution < 1.29 is 19.1 Å². The summed E-state index contributed by atoms with van der Waals surface area (Å²) in [5.41, 5.74) is 2.11. The Bertz CT molecular complexity index is 2360. The molecule has 4 fully saturated rings. The minimum atomic E-state index is -0.790. The van der Waals surface area contributed by atoms with Crippen molar-refractivity contribution in [1.29, 1.82) is 5.26 Å². The van der Waals surface area contributed by atoms with Crippen molar-refractivity contribution in [3.63, 3.8) is 0 Å². The zero-order valence-corrected chi connectivity index (χ0v) is 34.8. The van der Waals surface area contributed by atoms with Crippen LogP contribution in [0.5, 0.6) is 5.75 Å². The van der Waals surface area contributed by atoms with Gasteiger partial charge in [-0.15, -0.1) is 0 Å². The number of piperidine rings is 2. The Kier molecular flexibility index (Phi) is 10.9. The van der Waals surface area contributed by atoms with E-state index in [1.807, 2.05) is 24.3 Å². The van der Waals surface area contributed by atoms with Gasteiger partial charge in [0.15, 0.2) is 0 Å². The van der Waals surface area contributed by atoms with Gasteiger partial charge in [0.1, 0.15) is 24.0 Å². The first kappa shape index (κ1) is 40.3. The first-order chi connectivity index (χ1) is 28.2. The number of hydrogen-bond acceptors (Lipinski definition) is 10. The third-order valence-corrected chi connectivity index (χ3v) is 13.4. The number of aromatic nitrogens is 2. The molecule has 3 saturated heterocycles. The van der Waals surface area contributed by atoms with E-state index in [1.165, 1.54) is 4.68 Å². The average molecular weight is 819 g/mol. The smallest absolute Gasteiger partial charge is 0.275 e. The van der Waals surface area contributed by atoms with Gasteiger partial charge in [-0.25, -0.2) is 4.68 Å². The van der Waals surface area contributed by atoms with E-state index >= 15 is 0 Å². The standard InChI is InChI=1S/C45H51ClN8O5/c1-44(2)42(45(3,4)43(44)59-32-13-10-30(25-47)35(46)24-32)50-39(56)29-8-11-31(12-9-29)52-18-16-28(17-19-52)27-51-20-22-53(23-21-51)36-7-5-6-33-34(36)26-48-54(41(33)58)37-14-15-38(55)49-40(37)57/h5-13,24,26,28,37,42-43H,14-23,27H2,1-4H3,(H,50,56)(H,49,55,57)/t37-,42?,43?/m0/s1. The molecule has 0 bridgehead atoms. The Morgan fingerprint density at radius 2 is 1.63 bits per heavy atom. The van der Waals surface area contributed by atoms with Crippen LogP contribution in [0.15, 0.2) is 71.7 Å². The number of rotatable bonds is 9. The predicted octanol–water partition coefficient (Wildman–Crippen LogP) is 5.55. The lowest BCUT2D eigenvalue weighted by atomic mass is 9.49. The van der Waals surface area contributed by atoms with E-state index in [1.54, 1.807) is 30.5 Å². The average Bonchev–Trinajstić information content (AvgIpc) is 3.23. The van der Waals surface area contributed by atoms with Gasteiger partial charge in [0.2, 0.25) is 5.91 Å². The van der Waals surface area contributed by atoms with E-state index in [0.717, 1.165) is 75.4 Å². The molecule has 1 aromatic heterocycles. The molecule has 4 aromatic rings. The number of imide groups is 1. The molecule has 308 valence electrons. The molecule has 3 amide bonds. The molecule has 0 radical (unpaired) electrons. The molecule has 8 rings (SSSR count). The van der Waals surface area contributed by atoms with Gasteiger partial charge in [-0.3, -0.25) is 29.4 Å². The molecule has 0 spiro atoms. The van der Waals surface area contributed by atoms with Crippen molar-refractivity contribution in [3.05, 3.63) is 93.4 Å². The largest absolute Gasteiger partial charge is 0.489 e. The van der Waals surface area contributed by atoms with Crippen LogP contribution < -0.4 is 30.7 Å². The molecule has 0 unspecified atom stereocenters. The SMILES string of the molecule is CC1(C)C(NC(=O)c2ccc(N3CCC(CN4CCN(c5cccc6c(=O)n([C@H]7CCC(=O)NC7=O)ncc56)CC4)CC3)cc2)C(C)(C)C1Oc1ccc(C#N)c(Cl)c1. The van der Waals surface area contributed by atoms with Crippen LogP contribution in [0.2, 0.25) is 5.02 Å². The zero-order chi connectivity index (χ0) is 41.6. The molecular formula is C45H51ClN8O5. The highest BCUT2D eigenvalue weighted by molar-refractivity contribution is 6.31. The van der Waals surface area contributed by atoms with Crippen LogP contribution in [-0.2, 0) is 9.59 Å². The van der Waals surface area contributed by atoms with Crippen LogP contribution in [0.25, 0.3) is 10.8 Å². The van der Waals surface area contributed by atoms with E-state index in [4.69, 9.17) is 16.3 Å². The molecule has 13 nitrogen and oxygen atoms in total. The summed E-state index contributed by atoms with van der Waals surface area (Å²) >= 11 is 6.26. The lowest BCUT2D eigenvalue weighted by Crippen LogP contribution is -2.74. The summed E-state index contributed by atoms with van der Waals surface area (Å²) in [5.74, 6) is 0.286. The Hall–Kier alpha value is -5.45. The van der Waals surface area contributed by atoms with Gasteiger partial charge in [-0.1, -0.05) is 45.4 Å². The number of ether oxygens (including phenoxy) is 1. The summed E-state index contributed by atoms with van der Waals surface area (Å²) in [5, 5.41) is 20.9. The number of carbonyl (C=O) groups is 3. The zero-order valence-electron chi connectivity index (χ0n) is 34.0. The van der Waals surface area contributed by atoms with Crippen molar-refractivity contribution in [3.8, 4) is 11.8 Å². The molecule has 3 aliphatic heterocycles. The van der Waals surface area contributed by atoms with Gasteiger partial charge in [0.05, 0.1) is 22.2 Å². The van der Waals surface area contributed by atoms with Crippen molar-refractivity contribution in [2.75, 3.05) is 55.6 Å². The van der Waals surface area contributed by atoms with Gasteiger partial charge in [0, 0.05) is 97.5 Å². The minimum Gasteiger partial charge on any atom is -0.489 e. The van der Waals surface area contributed by atoms with E-state index in [-0.39, 0.29) is 53.2 Å². The van der Waals surface area contributed by atoms with Gasteiger partial charge >= 0.3 is 0 Å². The number of halogens is 1. The Morgan fingerprint density at radius 1 is 0.915 bits per heavy atom. The van der Waals surface area contributed by atoms with Crippen molar-refractivity contribution in [1.82, 2.24) is 25.3 Å². The number of benzene rings is 3. The van der Waals surface area contributed by atoms with Crippen LogP contribution in [-0.4, -0.2) is 90.4 Å². The third-order valence-electron chi connectivity index (χ3n) is 13.1. The van der Waals surface area contributed by atoms with Gasteiger partial charge in [-0.05, 0) is 73.7 Å². The maximum atomic E-state index is 13.5. The van der Waals surface area contributed by atoms with Gasteiger partial charge in [-0.2, -0.15) is 10.4 Å². The molecule has 59 heavy (non-hydrogen) atoms. The highest BCUT2D eigenvalue weighted by Gasteiger charge is 2.64. The lowest BCUT2D eigenvalue weighted by molar-refractivity contribution is -0.164. The van der Waals surface area contributed by atoms with Crippen molar-refractivity contribution >= 4 is 51.5 Å². The highest BCUT2D eigenvalue weighted by Crippen LogP contribution is 2.55. The van der Waals surface area contributed by atoms with Crippen LogP contribution >= 0.6 is 11.6 Å². The topological polar surface area (TPSA) is 153 Å². The van der Waals surface area contributed by atoms with Crippen LogP contribution in [0.3, 0.4) is 0 Å². The summed E-state index contributed by atoms with van der Waals surface area (Å²) in [6.45, 7) is 14.9. The number of fused-ring (bicyclic) bond motifs is 1.